The molecule has 5 rings (SSSR count). The van der Waals surface area contributed by atoms with E-state index in [1.165, 1.54) is 6.33 Å². The lowest BCUT2D eigenvalue weighted by Crippen LogP contribution is -2.57. The van der Waals surface area contributed by atoms with Gasteiger partial charge in [0.05, 0.1) is 30.6 Å². The number of aromatic amines is 1. The van der Waals surface area contributed by atoms with Gasteiger partial charge in [-0.1, -0.05) is 117 Å². The summed E-state index contributed by atoms with van der Waals surface area (Å²) < 4.78 is 5.47. The van der Waals surface area contributed by atoms with Crippen LogP contribution >= 0.6 is 0 Å². The number of rotatable bonds is 21. The SMILES string of the molecule is CC(C)C[C@H](NC(=O)C(Cc1c[nH]cn1)NC(=O)[C@H](Cc1cccc2ccccc12)NC(=O)OCc1ccccc1)[C@@H](O)CC(=O)NNC(=O)CCCC(=O)c1ccccc1. The third-order valence-electron chi connectivity index (χ3n) is 9.88. The number of Topliss-reactive ketones (excluding diaryl/α,β-unsaturated/α-hetero) is 1. The number of ether oxygens (including phenoxy) is 1. The molecule has 0 radical (unpaired) electrons. The minimum atomic E-state index is -1.38. The van der Waals surface area contributed by atoms with Gasteiger partial charge in [-0.05, 0) is 40.7 Å². The van der Waals surface area contributed by atoms with Crippen molar-refractivity contribution in [3.8, 4) is 0 Å². The molecule has 0 saturated heterocycles. The molecule has 61 heavy (non-hydrogen) atoms. The number of ketones is 1. The van der Waals surface area contributed by atoms with E-state index >= 15 is 0 Å². The fraction of sp³-hybridized carbons (Fsp3) is 0.326. The molecule has 5 amide bonds. The molecule has 4 atom stereocenters. The number of hydrogen-bond donors (Lipinski definition) is 7. The summed E-state index contributed by atoms with van der Waals surface area (Å²) in [5, 5.41) is 21.4. The molecule has 1 heterocycles. The van der Waals surface area contributed by atoms with E-state index in [0.29, 0.717) is 11.3 Å². The monoisotopic (exact) mass is 831 g/mol. The fourth-order valence-corrected chi connectivity index (χ4v) is 6.77. The Balaban J connectivity index is 1.24. The maximum atomic E-state index is 14.2. The number of alkyl carbamates (subject to hydrolysis) is 1. The zero-order valence-corrected chi connectivity index (χ0v) is 34.3. The zero-order valence-electron chi connectivity index (χ0n) is 34.3. The third kappa shape index (κ3) is 14.7. The van der Waals surface area contributed by atoms with E-state index in [1.807, 2.05) is 80.6 Å². The first-order chi connectivity index (χ1) is 29.4. The molecule has 0 aliphatic carbocycles. The Bertz CT molecular complexity index is 2210. The van der Waals surface area contributed by atoms with Gasteiger partial charge in [-0.15, -0.1) is 0 Å². The third-order valence-corrected chi connectivity index (χ3v) is 9.88. The van der Waals surface area contributed by atoms with E-state index in [0.717, 1.165) is 21.9 Å². The van der Waals surface area contributed by atoms with Crippen LogP contribution in [-0.4, -0.2) is 74.8 Å². The number of hydrogen-bond acceptors (Lipinski definition) is 9. The number of amides is 5. The normalized spacial score (nSPS) is 13.0. The van der Waals surface area contributed by atoms with Crippen molar-refractivity contribution in [2.75, 3.05) is 0 Å². The van der Waals surface area contributed by atoms with E-state index in [9.17, 15) is 33.9 Å². The number of aliphatic hydroxyl groups is 1. The van der Waals surface area contributed by atoms with Gasteiger partial charge in [0, 0.05) is 37.4 Å². The first-order valence-corrected chi connectivity index (χ1v) is 20.3. The maximum absolute atomic E-state index is 14.2. The molecule has 1 aromatic heterocycles. The number of fused-ring (bicyclic) bond motifs is 1. The number of aromatic nitrogens is 2. The Kier molecular flexibility index (Phi) is 17.1. The van der Waals surface area contributed by atoms with E-state index in [-0.39, 0.29) is 56.8 Å². The van der Waals surface area contributed by atoms with Gasteiger partial charge in [0.2, 0.25) is 23.6 Å². The summed E-state index contributed by atoms with van der Waals surface area (Å²) in [6.07, 6.45) is 1.05. The first-order valence-electron chi connectivity index (χ1n) is 20.3. The van der Waals surface area contributed by atoms with Crippen molar-refractivity contribution < 1.29 is 38.6 Å². The highest BCUT2D eigenvalue weighted by Gasteiger charge is 2.32. The summed E-state index contributed by atoms with van der Waals surface area (Å²) >= 11 is 0. The average Bonchev–Trinajstić information content (AvgIpc) is 3.78. The summed E-state index contributed by atoms with van der Waals surface area (Å²) in [6, 6.07) is 27.8. The molecule has 0 spiro atoms. The van der Waals surface area contributed by atoms with Crippen LogP contribution in [0.3, 0.4) is 0 Å². The van der Waals surface area contributed by atoms with E-state index < -0.39 is 60.4 Å². The number of imidazole rings is 1. The Hall–Kier alpha value is -6.87. The number of aliphatic hydroxyl groups excluding tert-OH is 1. The minimum Gasteiger partial charge on any atom is -0.445 e. The molecule has 7 N–H and O–H groups in total. The highest BCUT2D eigenvalue weighted by atomic mass is 16.5. The topological polar surface area (TPSA) is 221 Å². The lowest BCUT2D eigenvalue weighted by molar-refractivity contribution is -0.132. The summed E-state index contributed by atoms with van der Waals surface area (Å²) in [6.45, 7) is 3.75. The van der Waals surface area contributed by atoms with Crippen LogP contribution in [0.1, 0.15) is 73.1 Å². The summed E-state index contributed by atoms with van der Waals surface area (Å²) in [5.74, 6) is -2.66. The van der Waals surface area contributed by atoms with Crippen molar-refractivity contribution in [1.82, 2.24) is 36.8 Å². The van der Waals surface area contributed by atoms with Crippen LogP contribution in [-0.2, 0) is 43.4 Å². The Morgan fingerprint density at radius 1 is 0.721 bits per heavy atom. The number of hydrazine groups is 1. The van der Waals surface area contributed by atoms with Crippen molar-refractivity contribution in [1.29, 1.82) is 0 Å². The number of carbonyl (C=O) groups excluding carboxylic acids is 6. The summed E-state index contributed by atoms with van der Waals surface area (Å²) in [5.41, 5.74) is 7.15. The van der Waals surface area contributed by atoms with Gasteiger partial charge in [0.1, 0.15) is 18.7 Å². The van der Waals surface area contributed by atoms with E-state index in [2.05, 4.69) is 36.8 Å². The second-order valence-corrected chi connectivity index (χ2v) is 15.2. The molecular formula is C46H53N7O8. The number of nitrogens with one attached hydrogen (secondary N) is 6. The zero-order chi connectivity index (χ0) is 43.6. The van der Waals surface area contributed by atoms with Gasteiger partial charge in [-0.3, -0.25) is 34.8 Å². The largest absolute Gasteiger partial charge is 0.445 e. The quantitative estimate of drug-likeness (QED) is 0.0405. The smallest absolute Gasteiger partial charge is 0.408 e. The van der Waals surface area contributed by atoms with Crippen molar-refractivity contribution in [3.63, 3.8) is 0 Å². The molecule has 320 valence electrons. The molecule has 5 aromatic rings. The molecule has 4 aromatic carbocycles. The predicted octanol–water partition coefficient (Wildman–Crippen LogP) is 4.61. The Labute approximate surface area is 354 Å². The van der Waals surface area contributed by atoms with Crippen LogP contribution in [0.25, 0.3) is 10.8 Å². The van der Waals surface area contributed by atoms with Gasteiger partial charge in [-0.25, -0.2) is 9.78 Å². The average molecular weight is 832 g/mol. The molecule has 0 saturated carbocycles. The van der Waals surface area contributed by atoms with Gasteiger partial charge >= 0.3 is 6.09 Å². The summed E-state index contributed by atoms with van der Waals surface area (Å²) in [7, 11) is 0. The van der Waals surface area contributed by atoms with Gasteiger partial charge in [-0.2, -0.15) is 0 Å². The first kappa shape index (κ1) is 45.2. The van der Waals surface area contributed by atoms with Crippen LogP contribution in [0, 0.1) is 5.92 Å². The van der Waals surface area contributed by atoms with Gasteiger partial charge < -0.3 is 30.8 Å². The molecule has 0 fully saturated rings. The number of H-pyrrole nitrogens is 1. The van der Waals surface area contributed by atoms with Crippen LogP contribution in [0.4, 0.5) is 4.79 Å². The van der Waals surface area contributed by atoms with Crippen LogP contribution in [0.2, 0.25) is 0 Å². The minimum absolute atomic E-state index is 0.0102. The van der Waals surface area contributed by atoms with Crippen molar-refractivity contribution in [2.45, 2.75) is 89.6 Å². The van der Waals surface area contributed by atoms with Crippen molar-refractivity contribution in [2.24, 2.45) is 5.92 Å². The van der Waals surface area contributed by atoms with E-state index in [4.69, 9.17) is 4.74 Å². The molecule has 1 unspecified atom stereocenters. The predicted molar refractivity (Wildman–Crippen MR) is 228 cm³/mol. The van der Waals surface area contributed by atoms with Crippen LogP contribution < -0.4 is 26.8 Å². The van der Waals surface area contributed by atoms with Gasteiger partial charge in [0.25, 0.3) is 0 Å². The molecule has 0 bridgehead atoms. The maximum Gasteiger partial charge on any atom is 0.408 e. The van der Waals surface area contributed by atoms with Crippen LogP contribution in [0.15, 0.2) is 116 Å². The standard InChI is InChI=1S/C46H53N7O8/c1-30(2)23-37(41(55)26-43(57)53-52-42(56)22-12-21-40(54)33-16-7-4-8-17-33)49-45(59)39(25-35-27-47-29-48-35)50-44(58)38(51-46(60)61-28-31-13-5-3-6-14-31)24-34-19-11-18-32-15-9-10-20-36(32)34/h3-11,13-20,27,29-30,37-39,41,55H,12,21-26,28H2,1-2H3,(H,47,48)(H,49,59)(H,50,58)(H,51,60)(H,52,56)(H,53,57)/t37-,38-,39?,41-/m0/s1. The second-order valence-electron chi connectivity index (χ2n) is 15.2. The fourth-order valence-electron chi connectivity index (χ4n) is 6.77. The summed E-state index contributed by atoms with van der Waals surface area (Å²) in [4.78, 5) is 86.2. The molecular weight excluding hydrogens is 779 g/mol. The van der Waals surface area contributed by atoms with Gasteiger partial charge in [0.15, 0.2) is 5.78 Å². The molecule has 0 aliphatic rings. The molecule has 0 aliphatic heterocycles. The van der Waals surface area contributed by atoms with E-state index in [1.54, 1.807) is 42.6 Å². The van der Waals surface area contributed by atoms with Crippen molar-refractivity contribution >= 4 is 46.3 Å². The Morgan fingerprint density at radius 2 is 1.38 bits per heavy atom. The lowest BCUT2D eigenvalue weighted by atomic mass is 9.96. The Morgan fingerprint density at radius 3 is 2.10 bits per heavy atom. The molecule has 15 heteroatoms. The lowest BCUT2D eigenvalue weighted by Gasteiger charge is -2.28. The number of carbonyl (C=O) groups is 6. The highest BCUT2D eigenvalue weighted by Crippen LogP contribution is 2.20. The number of nitrogens with zero attached hydrogens (tertiary/aromatic N) is 1. The number of benzene rings is 4. The van der Waals surface area contributed by atoms with Crippen LogP contribution in [0.5, 0.6) is 0 Å². The molecule has 15 nitrogen and oxygen atoms in total. The second kappa shape index (κ2) is 23.1. The highest BCUT2D eigenvalue weighted by molar-refractivity contribution is 5.96. The van der Waals surface area contributed by atoms with Crippen molar-refractivity contribution in [3.05, 3.63) is 138 Å².